The van der Waals surface area contributed by atoms with Crippen molar-refractivity contribution in [2.75, 3.05) is 6.61 Å². The van der Waals surface area contributed by atoms with Crippen molar-refractivity contribution in [2.45, 2.75) is 18.9 Å². The molecule has 0 amide bonds. The Morgan fingerprint density at radius 3 is 2.23 bits per heavy atom. The van der Waals surface area contributed by atoms with Gasteiger partial charge in [-0.1, -0.05) is 0 Å². The predicted molar refractivity (Wildman–Crippen MR) is 41.2 cm³/mol. The lowest BCUT2D eigenvalue weighted by atomic mass is 10.9. The summed E-state index contributed by atoms with van der Waals surface area (Å²) in [6.07, 6.45) is 0. The lowest BCUT2D eigenvalue weighted by Crippen LogP contribution is -2.41. The number of hydrogen-bond acceptors (Lipinski definition) is 6. The molecule has 0 heterocycles. The van der Waals surface area contributed by atoms with Gasteiger partial charge in [-0.2, -0.15) is 0 Å². The first-order valence-corrected chi connectivity index (χ1v) is 6.45. The average molecular weight is 233 g/mol. The van der Waals surface area contributed by atoms with E-state index in [0.717, 1.165) is 0 Å². The number of rotatable bonds is 4. The van der Waals surface area contributed by atoms with E-state index in [1.807, 2.05) is 0 Å². The first kappa shape index (κ1) is 13.4. The fourth-order valence-corrected chi connectivity index (χ4v) is 2.50. The Balaban J connectivity index is 4.93. The summed E-state index contributed by atoms with van der Waals surface area (Å²) in [7, 11) is -10.1. The molecule has 3 N–H and O–H groups in total. The Hall–Kier alpha value is 0.420. The molecule has 0 saturated heterocycles. The highest BCUT2D eigenvalue weighted by molar-refractivity contribution is 7.74. The van der Waals surface area contributed by atoms with Gasteiger partial charge >= 0.3 is 7.60 Å². The molecular formula is C4H11O7P2-. The fraction of sp³-hybridized carbons (Fsp3) is 1.00. The third-order valence-corrected chi connectivity index (χ3v) is 5.64. The molecule has 9 heteroatoms. The zero-order chi connectivity index (χ0) is 10.9. The molecule has 0 saturated carbocycles. The lowest BCUT2D eigenvalue weighted by molar-refractivity contribution is -0.343. The highest BCUT2D eigenvalue weighted by Gasteiger charge is 2.55. The second-order valence-corrected chi connectivity index (χ2v) is 6.86. The van der Waals surface area contributed by atoms with Crippen LogP contribution in [0, 0.1) is 0 Å². The molecule has 0 rings (SSSR count). The minimum atomic E-state index is -5.35. The summed E-state index contributed by atoms with van der Waals surface area (Å²) in [5, 5.41) is 5.88. The van der Waals surface area contributed by atoms with E-state index < -0.39 is 20.6 Å². The lowest BCUT2D eigenvalue weighted by Gasteiger charge is -2.41. The van der Waals surface area contributed by atoms with Crippen molar-refractivity contribution in [3.05, 3.63) is 0 Å². The monoisotopic (exact) mass is 233 g/mol. The SMILES string of the molecule is CCOP(=O)(O)C(C)(O)[P+]([O-])([O-])O. The van der Waals surface area contributed by atoms with Crippen LogP contribution < -0.4 is 9.79 Å². The van der Waals surface area contributed by atoms with Crippen LogP contribution in [-0.4, -0.2) is 26.6 Å². The van der Waals surface area contributed by atoms with Gasteiger partial charge in [-0.15, -0.1) is 0 Å². The first-order chi connectivity index (χ1) is 5.56. The predicted octanol–water partition coefficient (Wildman–Crippen LogP) is -1.65. The van der Waals surface area contributed by atoms with Gasteiger partial charge in [-0.3, -0.25) is 9.46 Å². The Bertz CT molecular complexity index is 219. The van der Waals surface area contributed by atoms with Crippen molar-refractivity contribution < 1.29 is 33.8 Å². The highest BCUT2D eigenvalue weighted by Crippen LogP contribution is 2.69. The molecule has 0 aliphatic carbocycles. The van der Waals surface area contributed by atoms with Crippen molar-refractivity contribution in [1.82, 2.24) is 0 Å². The van der Waals surface area contributed by atoms with Crippen LogP contribution >= 0.6 is 15.5 Å². The van der Waals surface area contributed by atoms with E-state index in [1.54, 1.807) is 0 Å². The van der Waals surface area contributed by atoms with E-state index in [0.29, 0.717) is 6.92 Å². The normalized spacial score (nSPS) is 22.1. The van der Waals surface area contributed by atoms with Crippen LogP contribution in [0.3, 0.4) is 0 Å². The summed E-state index contributed by atoms with van der Waals surface area (Å²) >= 11 is 0. The third kappa shape index (κ3) is 2.68. The maximum absolute atomic E-state index is 11.0. The molecule has 80 valence electrons. The van der Waals surface area contributed by atoms with Crippen molar-refractivity contribution in [2.24, 2.45) is 0 Å². The molecule has 0 radical (unpaired) electrons. The van der Waals surface area contributed by atoms with Crippen molar-refractivity contribution in [3.63, 3.8) is 0 Å². The molecule has 0 aromatic rings. The third-order valence-electron chi connectivity index (χ3n) is 1.37. The maximum atomic E-state index is 11.0. The maximum Gasteiger partial charge on any atom is 0.400 e. The number of aliphatic hydroxyl groups is 1. The second kappa shape index (κ2) is 3.88. The van der Waals surface area contributed by atoms with Gasteiger partial charge < -0.3 is 24.3 Å². The molecule has 0 bridgehead atoms. The molecule has 0 aromatic carbocycles. The Morgan fingerprint density at radius 1 is 1.62 bits per heavy atom. The van der Waals surface area contributed by atoms with Gasteiger partial charge in [0.1, 0.15) is 0 Å². The minimum absolute atomic E-state index is 0.260. The summed E-state index contributed by atoms with van der Waals surface area (Å²) < 4.78 is 15.2. The minimum Gasteiger partial charge on any atom is -0.657 e. The zero-order valence-corrected chi connectivity index (χ0v) is 8.87. The van der Waals surface area contributed by atoms with E-state index in [2.05, 4.69) is 4.52 Å². The van der Waals surface area contributed by atoms with E-state index in [4.69, 9.17) is 14.9 Å². The van der Waals surface area contributed by atoms with Gasteiger partial charge in [0.2, 0.25) is 0 Å². The van der Waals surface area contributed by atoms with Crippen LogP contribution in [0.15, 0.2) is 0 Å². The fourth-order valence-electron chi connectivity index (χ4n) is 0.457. The Kier molecular flexibility index (Phi) is 4.01. The Morgan fingerprint density at radius 2 is 2.00 bits per heavy atom. The number of hydrogen-bond donors (Lipinski definition) is 3. The molecule has 0 fully saturated rings. The van der Waals surface area contributed by atoms with Gasteiger partial charge in [0.15, 0.2) is 0 Å². The quantitative estimate of drug-likeness (QED) is 0.495. The molecule has 2 atom stereocenters. The van der Waals surface area contributed by atoms with Crippen LogP contribution in [0.25, 0.3) is 0 Å². The Labute approximate surface area is 75.7 Å². The van der Waals surface area contributed by atoms with Crippen molar-refractivity contribution in [3.8, 4) is 0 Å². The summed E-state index contributed by atoms with van der Waals surface area (Å²) in [6.45, 7) is 1.58. The molecule has 0 spiro atoms. The molecule has 13 heavy (non-hydrogen) atoms. The molecule has 7 nitrogen and oxygen atoms in total. The summed E-state index contributed by atoms with van der Waals surface area (Å²) in [6, 6.07) is 0. The van der Waals surface area contributed by atoms with E-state index in [-0.39, 0.29) is 6.61 Å². The van der Waals surface area contributed by atoms with Crippen molar-refractivity contribution in [1.29, 1.82) is 0 Å². The van der Waals surface area contributed by atoms with Gasteiger partial charge in [0.05, 0.1) is 14.6 Å². The summed E-state index contributed by atoms with van der Waals surface area (Å²) in [4.78, 5) is 38.4. The molecule has 0 aliphatic rings. The molecular weight excluding hydrogens is 222 g/mol. The van der Waals surface area contributed by atoms with Crippen LogP contribution in [-0.2, 0) is 9.09 Å². The largest absolute Gasteiger partial charge is 0.657 e. The van der Waals surface area contributed by atoms with Crippen molar-refractivity contribution >= 4 is 15.5 Å². The van der Waals surface area contributed by atoms with Gasteiger partial charge in [0.25, 0.3) is 5.08 Å². The van der Waals surface area contributed by atoms with Gasteiger partial charge in [0, 0.05) is 6.92 Å². The van der Waals surface area contributed by atoms with Crippen LogP contribution in [0.5, 0.6) is 0 Å². The molecule has 0 aromatic heterocycles. The highest BCUT2D eigenvalue weighted by atomic mass is 31.3. The van der Waals surface area contributed by atoms with Gasteiger partial charge in [-0.25, -0.2) is 0 Å². The van der Waals surface area contributed by atoms with E-state index in [9.17, 15) is 14.4 Å². The van der Waals surface area contributed by atoms with E-state index in [1.165, 1.54) is 6.92 Å². The molecule has 2 unspecified atom stereocenters. The van der Waals surface area contributed by atoms with Crippen LogP contribution in [0.4, 0.5) is 0 Å². The molecule has 0 aliphatic heterocycles. The van der Waals surface area contributed by atoms with Crippen LogP contribution in [0.2, 0.25) is 0 Å². The summed E-state index contributed by atoms with van der Waals surface area (Å²) in [5.74, 6) is 0. The van der Waals surface area contributed by atoms with E-state index >= 15 is 0 Å². The smallest absolute Gasteiger partial charge is 0.400 e. The topological polar surface area (TPSA) is 133 Å². The van der Waals surface area contributed by atoms with Crippen LogP contribution in [0.1, 0.15) is 13.8 Å². The first-order valence-electron chi connectivity index (χ1n) is 3.30. The standard InChI is InChI=1S/C4H12O7P2/c1-3-11-13(9,10)4(2,5)12(6,7)8/h5H,3H2,1-2H3,(H,9,10)(H2,6,7,8)/p-1. The zero-order valence-electron chi connectivity index (χ0n) is 7.08. The summed E-state index contributed by atoms with van der Waals surface area (Å²) in [5.41, 5.74) is 0. The average Bonchev–Trinajstić information content (AvgIpc) is 1.84. The van der Waals surface area contributed by atoms with Gasteiger partial charge in [-0.05, 0) is 6.92 Å². The second-order valence-electron chi connectivity index (χ2n) is 2.43.